The third-order valence-corrected chi connectivity index (χ3v) is 1.71. The summed E-state index contributed by atoms with van der Waals surface area (Å²) in [5.41, 5.74) is 5.32. The van der Waals surface area contributed by atoms with Crippen LogP contribution in [0, 0.1) is 10.1 Å². The highest BCUT2D eigenvalue weighted by atomic mass is 16.6. The molecule has 0 bridgehead atoms. The van der Waals surface area contributed by atoms with Crippen molar-refractivity contribution in [1.82, 2.24) is 9.55 Å². The zero-order valence-electron chi connectivity index (χ0n) is 7.37. The molecule has 0 saturated heterocycles. The molecule has 8 nitrogen and oxygen atoms in total. The minimum atomic E-state index is -0.579. The lowest BCUT2D eigenvalue weighted by Gasteiger charge is -2.10. The van der Waals surface area contributed by atoms with Gasteiger partial charge in [0, 0.05) is 6.54 Å². The van der Waals surface area contributed by atoms with Crippen LogP contribution in [0.1, 0.15) is 0 Å². The number of rotatable bonds is 5. The van der Waals surface area contributed by atoms with Crippen molar-refractivity contribution < 1.29 is 9.76 Å². The highest BCUT2D eigenvalue weighted by molar-refractivity contribution is 5.06. The Bertz CT molecular complexity index is 308. The molecule has 1 atom stereocenters. The molecule has 1 heterocycles. The molecular formula is C6H11N5O3. The quantitative estimate of drug-likeness (QED) is 0.465. The van der Waals surface area contributed by atoms with Crippen molar-refractivity contribution in [1.29, 1.82) is 0 Å². The van der Waals surface area contributed by atoms with Crippen LogP contribution >= 0.6 is 0 Å². The minimum absolute atomic E-state index is 0.186. The SMILES string of the molecule is NCC(Cn1ccnc1[N+](=O)[O-])ON. The lowest BCUT2D eigenvalue weighted by Crippen LogP contribution is -2.31. The maximum absolute atomic E-state index is 10.5. The Hall–Kier alpha value is -1.51. The van der Waals surface area contributed by atoms with E-state index in [2.05, 4.69) is 9.82 Å². The minimum Gasteiger partial charge on any atom is -0.390 e. The largest absolute Gasteiger partial charge is 0.434 e. The zero-order valence-corrected chi connectivity index (χ0v) is 7.37. The van der Waals surface area contributed by atoms with E-state index in [0.29, 0.717) is 0 Å². The standard InChI is InChI=1S/C6H11N5O3/c7-3-5(14-8)4-10-2-1-9-6(10)11(12)13/h1-2,5H,3-4,7-8H2. The Kier molecular flexibility index (Phi) is 3.51. The van der Waals surface area contributed by atoms with Crippen LogP contribution in [0.15, 0.2) is 12.4 Å². The molecule has 0 radical (unpaired) electrons. The first-order valence-corrected chi connectivity index (χ1v) is 3.90. The monoisotopic (exact) mass is 201 g/mol. The number of nitrogens with zero attached hydrogens (tertiary/aromatic N) is 3. The number of imidazole rings is 1. The van der Waals surface area contributed by atoms with Crippen molar-refractivity contribution in [2.24, 2.45) is 11.6 Å². The van der Waals surface area contributed by atoms with Gasteiger partial charge in [0.05, 0.1) is 0 Å². The summed E-state index contributed by atoms with van der Waals surface area (Å²) in [6.45, 7) is 0.398. The first kappa shape index (κ1) is 10.6. The number of nitrogens with two attached hydrogens (primary N) is 2. The lowest BCUT2D eigenvalue weighted by atomic mass is 10.3. The molecule has 0 aliphatic heterocycles. The van der Waals surface area contributed by atoms with E-state index in [9.17, 15) is 10.1 Å². The van der Waals surface area contributed by atoms with Crippen LogP contribution in [-0.4, -0.2) is 27.1 Å². The van der Waals surface area contributed by atoms with E-state index < -0.39 is 11.0 Å². The molecule has 1 aromatic rings. The Balaban J connectivity index is 2.75. The predicted octanol–water partition coefficient (Wildman–Crippen LogP) is -0.991. The number of hydrogen-bond donors (Lipinski definition) is 2. The second-order valence-electron chi connectivity index (χ2n) is 2.63. The molecule has 0 saturated carbocycles. The smallest absolute Gasteiger partial charge is 0.390 e. The average molecular weight is 201 g/mol. The summed E-state index contributed by atoms with van der Waals surface area (Å²) < 4.78 is 1.32. The van der Waals surface area contributed by atoms with Gasteiger partial charge in [-0.25, -0.2) is 10.5 Å². The lowest BCUT2D eigenvalue weighted by molar-refractivity contribution is -0.397. The van der Waals surface area contributed by atoms with E-state index in [-0.39, 0.29) is 19.0 Å². The summed E-state index contributed by atoms with van der Waals surface area (Å²) in [7, 11) is 0. The van der Waals surface area contributed by atoms with Crippen molar-refractivity contribution >= 4 is 5.95 Å². The molecule has 8 heteroatoms. The number of nitro groups is 1. The van der Waals surface area contributed by atoms with Gasteiger partial charge in [-0.3, -0.25) is 4.84 Å². The molecule has 1 aromatic heterocycles. The Labute approximate surface area is 79.6 Å². The van der Waals surface area contributed by atoms with Crippen molar-refractivity contribution in [2.45, 2.75) is 12.6 Å². The molecule has 78 valence electrons. The number of hydrogen-bond acceptors (Lipinski definition) is 6. The number of aromatic nitrogens is 2. The maximum Gasteiger partial charge on any atom is 0.434 e. The molecule has 0 aliphatic rings. The van der Waals surface area contributed by atoms with Gasteiger partial charge in [-0.05, 0) is 4.92 Å². The van der Waals surface area contributed by atoms with Gasteiger partial charge < -0.3 is 15.8 Å². The van der Waals surface area contributed by atoms with Gasteiger partial charge in [0.1, 0.15) is 25.0 Å². The van der Waals surface area contributed by atoms with Crippen molar-refractivity contribution in [3.63, 3.8) is 0 Å². The fraction of sp³-hybridized carbons (Fsp3) is 0.500. The van der Waals surface area contributed by atoms with Crippen LogP contribution in [0.2, 0.25) is 0 Å². The molecule has 1 unspecified atom stereocenters. The van der Waals surface area contributed by atoms with E-state index in [1.807, 2.05) is 0 Å². The average Bonchev–Trinajstić information content (AvgIpc) is 2.62. The molecule has 14 heavy (non-hydrogen) atoms. The molecule has 0 spiro atoms. The first-order chi connectivity index (χ1) is 6.69. The van der Waals surface area contributed by atoms with Crippen LogP contribution < -0.4 is 11.6 Å². The molecule has 0 amide bonds. The Morgan fingerprint density at radius 3 is 3.00 bits per heavy atom. The molecule has 4 N–H and O–H groups in total. The van der Waals surface area contributed by atoms with E-state index in [0.717, 1.165) is 0 Å². The Morgan fingerprint density at radius 1 is 1.79 bits per heavy atom. The van der Waals surface area contributed by atoms with E-state index in [4.69, 9.17) is 11.6 Å². The van der Waals surface area contributed by atoms with Gasteiger partial charge in [0.25, 0.3) is 0 Å². The topological polar surface area (TPSA) is 122 Å². The Morgan fingerprint density at radius 2 is 2.50 bits per heavy atom. The summed E-state index contributed by atoms with van der Waals surface area (Å²) in [4.78, 5) is 18.0. The fourth-order valence-electron chi connectivity index (χ4n) is 1.01. The molecule has 0 aromatic carbocycles. The zero-order chi connectivity index (χ0) is 10.6. The predicted molar refractivity (Wildman–Crippen MR) is 47.0 cm³/mol. The van der Waals surface area contributed by atoms with Gasteiger partial charge in [0.2, 0.25) is 0 Å². The molecular weight excluding hydrogens is 190 g/mol. The molecule has 0 fully saturated rings. The second-order valence-corrected chi connectivity index (χ2v) is 2.63. The maximum atomic E-state index is 10.5. The van der Waals surface area contributed by atoms with Crippen LogP contribution in [-0.2, 0) is 11.4 Å². The highest BCUT2D eigenvalue weighted by Gasteiger charge is 2.17. The van der Waals surface area contributed by atoms with Gasteiger partial charge in [-0.2, -0.15) is 0 Å². The second kappa shape index (κ2) is 4.65. The van der Waals surface area contributed by atoms with E-state index >= 15 is 0 Å². The summed E-state index contributed by atoms with van der Waals surface area (Å²) in [6.07, 6.45) is 2.35. The summed E-state index contributed by atoms with van der Waals surface area (Å²) in [5.74, 6) is 4.69. The first-order valence-electron chi connectivity index (χ1n) is 3.90. The van der Waals surface area contributed by atoms with Gasteiger partial charge in [0.15, 0.2) is 0 Å². The van der Waals surface area contributed by atoms with Crippen LogP contribution in [0.5, 0.6) is 0 Å². The molecule has 1 rings (SSSR count). The summed E-state index contributed by atoms with van der Waals surface area (Å²) in [5, 5.41) is 10.5. The third kappa shape index (κ3) is 2.25. The van der Waals surface area contributed by atoms with Crippen molar-refractivity contribution in [2.75, 3.05) is 6.54 Å². The molecule has 0 aliphatic carbocycles. The van der Waals surface area contributed by atoms with Gasteiger partial charge in [-0.15, -0.1) is 0 Å². The normalized spacial score (nSPS) is 12.7. The van der Waals surface area contributed by atoms with Crippen LogP contribution in [0.25, 0.3) is 0 Å². The van der Waals surface area contributed by atoms with Gasteiger partial charge >= 0.3 is 5.95 Å². The van der Waals surface area contributed by atoms with Crippen molar-refractivity contribution in [3.8, 4) is 0 Å². The summed E-state index contributed by atoms with van der Waals surface area (Å²) in [6, 6.07) is 0. The highest BCUT2D eigenvalue weighted by Crippen LogP contribution is 2.08. The van der Waals surface area contributed by atoms with E-state index in [1.165, 1.54) is 17.0 Å². The third-order valence-electron chi connectivity index (χ3n) is 1.71. The van der Waals surface area contributed by atoms with Crippen molar-refractivity contribution in [3.05, 3.63) is 22.5 Å². The van der Waals surface area contributed by atoms with E-state index in [1.54, 1.807) is 0 Å². The van der Waals surface area contributed by atoms with Crippen LogP contribution in [0.3, 0.4) is 0 Å². The van der Waals surface area contributed by atoms with Crippen LogP contribution in [0.4, 0.5) is 5.95 Å². The van der Waals surface area contributed by atoms with Gasteiger partial charge in [-0.1, -0.05) is 4.98 Å². The fourth-order valence-corrected chi connectivity index (χ4v) is 1.01. The summed E-state index contributed by atoms with van der Waals surface area (Å²) >= 11 is 0.